The molecule has 0 aliphatic rings. The smallest absolute Gasteiger partial charge is 0.166 e. The van der Waals surface area contributed by atoms with Crippen LogP contribution < -0.4 is 0 Å². The Balaban J connectivity index is 2.37. The molecule has 2 heterocycles. The molecule has 1 aromatic carbocycles. The molecule has 0 fully saturated rings. The maximum atomic E-state index is 9.20. The number of nitrogens with zero attached hydrogens (tertiary/aromatic N) is 3. The summed E-state index contributed by atoms with van der Waals surface area (Å²) in [4.78, 5) is 4.30. The first-order valence-electron chi connectivity index (χ1n) is 5.62. The molecule has 0 saturated carbocycles. The minimum atomic E-state index is 0.499. The number of hydrogen-bond acceptors (Lipinski definition) is 3. The third kappa shape index (κ3) is 1.45. The summed E-state index contributed by atoms with van der Waals surface area (Å²) in [6.45, 7) is 1.92. The highest BCUT2D eigenvalue weighted by atomic mass is 32.1. The van der Waals surface area contributed by atoms with Crippen LogP contribution in [0.4, 0.5) is 0 Å². The van der Waals surface area contributed by atoms with Crippen LogP contribution in [0.15, 0.2) is 29.6 Å². The molecule has 3 aromatic rings. The van der Waals surface area contributed by atoms with Gasteiger partial charge in [-0.25, -0.2) is 4.98 Å². The van der Waals surface area contributed by atoms with E-state index in [0.717, 1.165) is 17.1 Å². The van der Waals surface area contributed by atoms with Crippen molar-refractivity contribution in [2.24, 2.45) is 7.05 Å². The highest BCUT2D eigenvalue weighted by Crippen LogP contribution is 2.35. The average Bonchev–Trinajstić information content (AvgIpc) is 2.92. The van der Waals surface area contributed by atoms with Gasteiger partial charge < -0.3 is 4.57 Å². The molecule has 0 atom stereocenters. The van der Waals surface area contributed by atoms with Crippen LogP contribution in [0.3, 0.4) is 0 Å². The Morgan fingerprint density at radius 2 is 2.11 bits per heavy atom. The monoisotopic (exact) mass is 253 g/mol. The summed E-state index contributed by atoms with van der Waals surface area (Å²) < 4.78 is 3.21. The molecule has 0 spiro atoms. The van der Waals surface area contributed by atoms with Crippen molar-refractivity contribution in [1.29, 1.82) is 5.26 Å². The van der Waals surface area contributed by atoms with Crippen molar-refractivity contribution in [2.45, 2.75) is 6.92 Å². The summed E-state index contributed by atoms with van der Waals surface area (Å²) in [6, 6.07) is 10.4. The van der Waals surface area contributed by atoms with Crippen LogP contribution in [-0.4, -0.2) is 9.55 Å². The lowest BCUT2D eigenvalue weighted by atomic mass is 10.1. The van der Waals surface area contributed by atoms with Crippen LogP contribution in [-0.2, 0) is 7.05 Å². The molecule has 0 unspecified atom stereocenters. The topological polar surface area (TPSA) is 41.6 Å². The summed E-state index contributed by atoms with van der Waals surface area (Å²) in [5.41, 5.74) is 2.50. The van der Waals surface area contributed by atoms with E-state index in [1.54, 1.807) is 11.3 Å². The van der Waals surface area contributed by atoms with Gasteiger partial charge in [-0.1, -0.05) is 18.2 Å². The zero-order valence-electron chi connectivity index (χ0n) is 10.1. The van der Waals surface area contributed by atoms with Crippen molar-refractivity contribution in [2.75, 3.05) is 0 Å². The third-order valence-corrected chi connectivity index (χ3v) is 4.12. The zero-order chi connectivity index (χ0) is 12.7. The Morgan fingerprint density at radius 3 is 2.89 bits per heavy atom. The van der Waals surface area contributed by atoms with E-state index in [9.17, 15) is 5.26 Å². The Morgan fingerprint density at radius 1 is 1.33 bits per heavy atom. The molecule has 0 aliphatic carbocycles. The van der Waals surface area contributed by atoms with Gasteiger partial charge in [-0.05, 0) is 13.0 Å². The number of aryl methyl sites for hydroxylation is 1. The normalized spacial score (nSPS) is 10.7. The van der Waals surface area contributed by atoms with Crippen molar-refractivity contribution in [3.8, 4) is 17.3 Å². The molecule has 18 heavy (non-hydrogen) atoms. The third-order valence-electron chi connectivity index (χ3n) is 3.16. The van der Waals surface area contributed by atoms with Gasteiger partial charge in [0.15, 0.2) is 5.69 Å². The molecule has 2 aromatic heterocycles. The molecule has 0 bridgehead atoms. The van der Waals surface area contributed by atoms with Gasteiger partial charge in [0.1, 0.15) is 11.9 Å². The fourth-order valence-corrected chi connectivity index (χ4v) is 3.10. The van der Waals surface area contributed by atoms with Gasteiger partial charge in [0, 0.05) is 28.1 Å². The molecule has 88 valence electrons. The Kier molecular flexibility index (Phi) is 2.42. The Hall–Kier alpha value is -2.12. The number of nitriles is 1. The summed E-state index contributed by atoms with van der Waals surface area (Å²) in [5.74, 6) is 0.858. The van der Waals surface area contributed by atoms with Crippen molar-refractivity contribution in [3.63, 3.8) is 0 Å². The number of benzene rings is 1. The number of fused-ring (bicyclic) bond motifs is 1. The van der Waals surface area contributed by atoms with E-state index < -0.39 is 0 Å². The molecule has 0 amide bonds. The molecular weight excluding hydrogens is 242 g/mol. The molecule has 0 aliphatic heterocycles. The lowest BCUT2D eigenvalue weighted by Gasteiger charge is -2.03. The molecule has 4 heteroatoms. The van der Waals surface area contributed by atoms with Gasteiger partial charge >= 0.3 is 0 Å². The maximum Gasteiger partial charge on any atom is 0.166 e. The van der Waals surface area contributed by atoms with Crippen LogP contribution in [0.2, 0.25) is 0 Å². The van der Waals surface area contributed by atoms with Crippen molar-refractivity contribution >= 4 is 21.4 Å². The largest absolute Gasteiger partial charge is 0.330 e. The Labute approximate surface area is 109 Å². The molecule has 0 N–H and O–H groups in total. The zero-order valence-corrected chi connectivity index (χ0v) is 11.0. The van der Waals surface area contributed by atoms with E-state index in [1.807, 2.05) is 30.7 Å². The lowest BCUT2D eigenvalue weighted by Crippen LogP contribution is -1.94. The van der Waals surface area contributed by atoms with Gasteiger partial charge in [-0.15, -0.1) is 11.3 Å². The molecule has 0 radical (unpaired) electrons. The van der Waals surface area contributed by atoms with Gasteiger partial charge in [0.2, 0.25) is 0 Å². The van der Waals surface area contributed by atoms with Gasteiger partial charge in [0.05, 0.1) is 5.69 Å². The van der Waals surface area contributed by atoms with E-state index in [1.165, 1.54) is 10.1 Å². The number of aromatic nitrogens is 2. The Bertz CT molecular complexity index is 774. The van der Waals surface area contributed by atoms with Crippen LogP contribution in [0.1, 0.15) is 11.5 Å². The summed E-state index contributed by atoms with van der Waals surface area (Å²) in [6.07, 6.45) is 0. The van der Waals surface area contributed by atoms with Crippen molar-refractivity contribution in [3.05, 3.63) is 41.2 Å². The quantitative estimate of drug-likeness (QED) is 0.666. The highest BCUT2D eigenvalue weighted by Gasteiger charge is 2.16. The van der Waals surface area contributed by atoms with Gasteiger partial charge in [-0.2, -0.15) is 5.26 Å². The van der Waals surface area contributed by atoms with Crippen LogP contribution in [0.5, 0.6) is 0 Å². The molecule has 3 rings (SSSR count). The standard InChI is InChI=1S/C14H11N3S/c1-9-16-12(7-15)14(17(9)2)11-8-18-13-6-4-3-5-10(11)13/h3-6,8H,1-2H3. The highest BCUT2D eigenvalue weighted by molar-refractivity contribution is 7.17. The van der Waals surface area contributed by atoms with E-state index in [4.69, 9.17) is 0 Å². The van der Waals surface area contributed by atoms with E-state index >= 15 is 0 Å². The van der Waals surface area contributed by atoms with Gasteiger partial charge in [-0.3, -0.25) is 0 Å². The molecule has 0 saturated heterocycles. The number of thiophene rings is 1. The van der Waals surface area contributed by atoms with Gasteiger partial charge in [0.25, 0.3) is 0 Å². The van der Waals surface area contributed by atoms with Crippen LogP contribution >= 0.6 is 11.3 Å². The summed E-state index contributed by atoms with van der Waals surface area (Å²) in [7, 11) is 1.95. The minimum absolute atomic E-state index is 0.499. The second-order valence-corrected chi connectivity index (χ2v) is 5.08. The van der Waals surface area contributed by atoms with E-state index in [2.05, 4.69) is 28.6 Å². The second kappa shape index (κ2) is 3.97. The predicted molar refractivity (Wildman–Crippen MR) is 73.5 cm³/mol. The number of imidazole rings is 1. The summed E-state index contributed by atoms with van der Waals surface area (Å²) >= 11 is 1.70. The maximum absolute atomic E-state index is 9.20. The second-order valence-electron chi connectivity index (χ2n) is 4.17. The fourth-order valence-electron chi connectivity index (χ4n) is 2.16. The lowest BCUT2D eigenvalue weighted by molar-refractivity contribution is 0.866. The number of hydrogen-bond donors (Lipinski definition) is 0. The SMILES string of the molecule is Cc1nc(C#N)c(-c2csc3ccccc23)n1C. The van der Waals surface area contributed by atoms with Crippen LogP contribution in [0, 0.1) is 18.3 Å². The van der Waals surface area contributed by atoms with Crippen LogP contribution in [0.25, 0.3) is 21.3 Å². The first-order chi connectivity index (χ1) is 8.72. The summed E-state index contributed by atoms with van der Waals surface area (Å²) in [5, 5.41) is 12.5. The van der Waals surface area contributed by atoms with Crippen molar-refractivity contribution < 1.29 is 0 Å². The average molecular weight is 253 g/mol. The van der Waals surface area contributed by atoms with E-state index in [-0.39, 0.29) is 0 Å². The predicted octanol–water partition coefficient (Wildman–Crippen LogP) is 3.48. The van der Waals surface area contributed by atoms with Crippen molar-refractivity contribution in [1.82, 2.24) is 9.55 Å². The molecular formula is C14H11N3S. The first kappa shape index (κ1) is 11.0. The number of rotatable bonds is 1. The molecule has 3 nitrogen and oxygen atoms in total. The fraction of sp³-hybridized carbons (Fsp3) is 0.143. The first-order valence-corrected chi connectivity index (χ1v) is 6.50. The van der Waals surface area contributed by atoms with E-state index in [0.29, 0.717) is 5.69 Å². The minimum Gasteiger partial charge on any atom is -0.330 e.